The van der Waals surface area contributed by atoms with Crippen LogP contribution in [-0.2, 0) is 19.5 Å². The van der Waals surface area contributed by atoms with Gasteiger partial charge in [-0.25, -0.2) is 9.97 Å². The molecule has 0 aromatic carbocycles. The minimum absolute atomic E-state index is 0.0921. The normalized spacial score (nSPS) is 14.8. The van der Waals surface area contributed by atoms with Gasteiger partial charge in [0.05, 0.1) is 5.69 Å². The van der Waals surface area contributed by atoms with Gasteiger partial charge in [0.15, 0.2) is 0 Å². The number of carbonyl (C=O) groups is 1. The number of carbonyl (C=O) groups excluding carboxylic acids is 1. The van der Waals surface area contributed by atoms with E-state index in [2.05, 4.69) is 19.9 Å². The van der Waals surface area contributed by atoms with Crippen LogP contribution in [0.15, 0.2) is 30.7 Å². The molecule has 0 bridgehead atoms. The zero-order valence-electron chi connectivity index (χ0n) is 11.0. The van der Waals surface area contributed by atoms with Crippen molar-refractivity contribution in [2.75, 3.05) is 6.54 Å². The number of amides is 1. The molecular formula is C14H15N5O. The molecule has 6 nitrogen and oxygen atoms in total. The van der Waals surface area contributed by atoms with Crippen molar-refractivity contribution in [3.63, 3.8) is 0 Å². The summed E-state index contributed by atoms with van der Waals surface area (Å²) in [6.45, 7) is 2.51. The number of nitrogens with two attached hydrogens (primary N) is 1. The van der Waals surface area contributed by atoms with E-state index in [0.29, 0.717) is 6.54 Å². The first-order valence-corrected chi connectivity index (χ1v) is 6.48. The molecule has 1 amide bonds. The molecule has 0 aliphatic carbocycles. The van der Waals surface area contributed by atoms with Gasteiger partial charge in [-0.3, -0.25) is 14.7 Å². The summed E-state index contributed by atoms with van der Waals surface area (Å²) in [6, 6.07) is 4.01. The van der Waals surface area contributed by atoms with E-state index in [4.69, 9.17) is 5.73 Å². The zero-order chi connectivity index (χ0) is 13.9. The van der Waals surface area contributed by atoms with Crippen LogP contribution in [0.3, 0.4) is 0 Å². The van der Waals surface area contributed by atoms with Crippen LogP contribution in [0.2, 0.25) is 0 Å². The van der Waals surface area contributed by atoms with Crippen molar-refractivity contribution in [1.29, 1.82) is 0 Å². The van der Waals surface area contributed by atoms with Crippen LogP contribution in [0.1, 0.15) is 27.4 Å². The molecule has 1 aliphatic heterocycles. The van der Waals surface area contributed by atoms with Crippen LogP contribution in [0.25, 0.3) is 0 Å². The molecule has 102 valence electrons. The summed E-state index contributed by atoms with van der Waals surface area (Å²) in [6.07, 6.45) is 6.19. The highest BCUT2D eigenvalue weighted by Gasteiger charge is 2.19. The van der Waals surface area contributed by atoms with Crippen molar-refractivity contribution >= 4 is 5.91 Å². The van der Waals surface area contributed by atoms with Gasteiger partial charge in [0.2, 0.25) is 5.82 Å². The maximum atomic E-state index is 11.1. The number of hydrogen-bond donors (Lipinski definition) is 1. The Hall–Kier alpha value is -2.34. The molecule has 0 atom stereocenters. The standard InChI is InChI=1S/C14H15N5O/c15-13(20)14-17-7-11-3-6-19(9-12(11)18-14)8-10-1-4-16-5-2-10/h1-2,4-5,7H,3,6,8-9H2,(H2,15,20). The average Bonchev–Trinajstić information content (AvgIpc) is 2.47. The topological polar surface area (TPSA) is 85.0 Å². The van der Waals surface area contributed by atoms with Gasteiger partial charge < -0.3 is 5.73 Å². The van der Waals surface area contributed by atoms with E-state index in [-0.39, 0.29) is 5.82 Å². The predicted molar refractivity (Wildman–Crippen MR) is 72.6 cm³/mol. The average molecular weight is 269 g/mol. The summed E-state index contributed by atoms with van der Waals surface area (Å²) >= 11 is 0. The molecule has 0 fully saturated rings. The summed E-state index contributed by atoms with van der Waals surface area (Å²) in [5.74, 6) is -0.492. The Bertz CT molecular complexity index is 629. The maximum absolute atomic E-state index is 11.1. The third-order valence-corrected chi connectivity index (χ3v) is 3.40. The first-order chi connectivity index (χ1) is 9.72. The van der Waals surface area contributed by atoms with Gasteiger partial charge in [-0.2, -0.15) is 0 Å². The number of hydrogen-bond acceptors (Lipinski definition) is 5. The molecule has 0 saturated carbocycles. The lowest BCUT2D eigenvalue weighted by molar-refractivity contribution is 0.0989. The van der Waals surface area contributed by atoms with E-state index in [0.717, 1.165) is 30.8 Å². The van der Waals surface area contributed by atoms with E-state index in [9.17, 15) is 4.79 Å². The number of aromatic nitrogens is 3. The number of fused-ring (bicyclic) bond motifs is 1. The monoisotopic (exact) mass is 269 g/mol. The fraction of sp³-hybridized carbons (Fsp3) is 0.286. The summed E-state index contributed by atoms with van der Waals surface area (Å²) in [5.41, 5.74) is 8.43. The second kappa shape index (κ2) is 5.34. The van der Waals surface area contributed by atoms with Gasteiger partial charge in [-0.05, 0) is 29.7 Å². The molecule has 2 aromatic heterocycles. The zero-order valence-corrected chi connectivity index (χ0v) is 11.0. The summed E-state index contributed by atoms with van der Waals surface area (Å²) in [4.78, 5) is 25.7. The summed E-state index contributed by atoms with van der Waals surface area (Å²) in [5, 5.41) is 0. The third-order valence-electron chi connectivity index (χ3n) is 3.40. The SMILES string of the molecule is NC(=O)c1ncc2c(n1)CN(Cc1ccncc1)CC2. The van der Waals surface area contributed by atoms with Crippen molar-refractivity contribution in [1.82, 2.24) is 19.9 Å². The lowest BCUT2D eigenvalue weighted by Crippen LogP contribution is -2.32. The highest BCUT2D eigenvalue weighted by atomic mass is 16.1. The lowest BCUT2D eigenvalue weighted by Gasteiger charge is -2.27. The fourth-order valence-corrected chi connectivity index (χ4v) is 2.36. The van der Waals surface area contributed by atoms with Gasteiger partial charge in [-0.15, -0.1) is 0 Å². The Kier molecular flexibility index (Phi) is 3.39. The van der Waals surface area contributed by atoms with Crippen LogP contribution in [0.5, 0.6) is 0 Å². The van der Waals surface area contributed by atoms with E-state index < -0.39 is 5.91 Å². The third kappa shape index (κ3) is 2.65. The molecule has 0 radical (unpaired) electrons. The molecule has 2 aromatic rings. The van der Waals surface area contributed by atoms with Crippen molar-refractivity contribution in [3.05, 3.63) is 53.4 Å². The Labute approximate surface area is 116 Å². The molecule has 20 heavy (non-hydrogen) atoms. The summed E-state index contributed by atoms with van der Waals surface area (Å²) in [7, 11) is 0. The van der Waals surface area contributed by atoms with Gasteiger partial charge in [-0.1, -0.05) is 0 Å². The van der Waals surface area contributed by atoms with Gasteiger partial charge in [0, 0.05) is 38.2 Å². The molecule has 6 heteroatoms. The van der Waals surface area contributed by atoms with Crippen LogP contribution in [0.4, 0.5) is 0 Å². The lowest BCUT2D eigenvalue weighted by atomic mass is 10.1. The first-order valence-electron chi connectivity index (χ1n) is 6.48. The van der Waals surface area contributed by atoms with Gasteiger partial charge in [0.1, 0.15) is 0 Å². The van der Waals surface area contributed by atoms with Crippen molar-refractivity contribution < 1.29 is 4.79 Å². The van der Waals surface area contributed by atoms with Gasteiger partial charge >= 0.3 is 0 Å². The van der Waals surface area contributed by atoms with Crippen molar-refractivity contribution in [3.8, 4) is 0 Å². The number of nitrogens with zero attached hydrogens (tertiary/aromatic N) is 4. The van der Waals surface area contributed by atoms with Crippen molar-refractivity contribution in [2.24, 2.45) is 5.73 Å². The minimum Gasteiger partial charge on any atom is -0.363 e. The van der Waals surface area contributed by atoms with Crippen LogP contribution in [0, 0.1) is 0 Å². The number of pyridine rings is 1. The van der Waals surface area contributed by atoms with E-state index in [1.807, 2.05) is 12.1 Å². The Morgan fingerprint density at radius 3 is 2.90 bits per heavy atom. The van der Waals surface area contributed by atoms with E-state index in [1.165, 1.54) is 5.56 Å². The maximum Gasteiger partial charge on any atom is 0.286 e. The molecular weight excluding hydrogens is 254 g/mol. The molecule has 2 N–H and O–H groups in total. The van der Waals surface area contributed by atoms with Crippen LogP contribution in [-0.4, -0.2) is 32.3 Å². The molecule has 3 heterocycles. The molecule has 1 aliphatic rings. The number of rotatable bonds is 3. The smallest absolute Gasteiger partial charge is 0.286 e. The van der Waals surface area contributed by atoms with Crippen molar-refractivity contribution in [2.45, 2.75) is 19.5 Å². The molecule has 0 unspecified atom stereocenters. The van der Waals surface area contributed by atoms with Gasteiger partial charge in [0.25, 0.3) is 5.91 Å². The minimum atomic E-state index is -0.584. The second-order valence-electron chi connectivity index (χ2n) is 4.85. The molecule has 0 saturated heterocycles. The number of primary amides is 1. The van der Waals surface area contributed by atoms with Crippen LogP contribution < -0.4 is 5.73 Å². The largest absolute Gasteiger partial charge is 0.363 e. The highest BCUT2D eigenvalue weighted by molar-refractivity contribution is 5.88. The first kappa shape index (κ1) is 12.7. The molecule has 0 spiro atoms. The Morgan fingerprint density at radius 2 is 2.15 bits per heavy atom. The Balaban J connectivity index is 1.77. The Morgan fingerprint density at radius 1 is 1.35 bits per heavy atom. The summed E-state index contributed by atoms with van der Waals surface area (Å²) < 4.78 is 0. The highest BCUT2D eigenvalue weighted by Crippen LogP contribution is 2.18. The quantitative estimate of drug-likeness (QED) is 0.878. The molecule has 3 rings (SSSR count). The van der Waals surface area contributed by atoms with Crippen LogP contribution >= 0.6 is 0 Å². The predicted octanol–water partition coefficient (Wildman–Crippen LogP) is 0.529. The van der Waals surface area contributed by atoms with E-state index in [1.54, 1.807) is 18.6 Å². The fourth-order valence-electron chi connectivity index (χ4n) is 2.36. The second-order valence-corrected chi connectivity index (χ2v) is 4.85. The van der Waals surface area contributed by atoms with E-state index >= 15 is 0 Å².